The third-order valence-corrected chi connectivity index (χ3v) is 4.48. The highest BCUT2D eigenvalue weighted by Crippen LogP contribution is 2.41. The van der Waals surface area contributed by atoms with Crippen LogP contribution in [0.4, 0.5) is 22.0 Å². The van der Waals surface area contributed by atoms with E-state index in [4.69, 9.17) is 10.5 Å². The highest BCUT2D eigenvalue weighted by Gasteiger charge is 2.38. The Morgan fingerprint density at radius 1 is 1.11 bits per heavy atom. The van der Waals surface area contributed by atoms with Gasteiger partial charge in [-0.05, 0) is 43.5 Å². The Kier molecular flexibility index (Phi) is 6.80. The predicted molar refractivity (Wildman–Crippen MR) is 95.4 cm³/mol. The van der Waals surface area contributed by atoms with Gasteiger partial charge in [0.2, 0.25) is 0 Å². The summed E-state index contributed by atoms with van der Waals surface area (Å²) in [4.78, 5) is 0. The number of aliphatic hydroxyl groups excluding tert-OH is 1. The molecule has 2 rings (SSSR count). The third-order valence-electron chi connectivity index (χ3n) is 4.48. The Balaban J connectivity index is 2.75. The topological polar surface area (TPSA) is 55.5 Å². The zero-order valence-electron chi connectivity index (χ0n) is 15.7. The summed E-state index contributed by atoms with van der Waals surface area (Å²) in [6.07, 6.45) is -6.97. The van der Waals surface area contributed by atoms with Crippen molar-refractivity contribution in [3.05, 3.63) is 58.2 Å². The summed E-state index contributed by atoms with van der Waals surface area (Å²) < 4.78 is 75.0. The van der Waals surface area contributed by atoms with Crippen LogP contribution in [0.25, 0.3) is 11.1 Å². The molecule has 28 heavy (non-hydrogen) atoms. The molecule has 0 amide bonds. The first-order valence-electron chi connectivity index (χ1n) is 8.69. The van der Waals surface area contributed by atoms with Crippen LogP contribution in [0.2, 0.25) is 0 Å². The lowest BCUT2D eigenvalue weighted by molar-refractivity contribution is -0.140. The highest BCUT2D eigenvalue weighted by atomic mass is 19.4. The van der Waals surface area contributed by atoms with Crippen LogP contribution in [0.1, 0.15) is 41.6 Å². The van der Waals surface area contributed by atoms with Crippen LogP contribution in [0.3, 0.4) is 0 Å². The largest absolute Gasteiger partial charge is 0.419 e. The van der Waals surface area contributed by atoms with Gasteiger partial charge >= 0.3 is 6.18 Å². The lowest BCUT2D eigenvalue weighted by Crippen LogP contribution is -2.25. The van der Waals surface area contributed by atoms with E-state index in [1.54, 1.807) is 39.0 Å². The smallest absolute Gasteiger partial charge is 0.368 e. The van der Waals surface area contributed by atoms with Crippen molar-refractivity contribution < 1.29 is 31.8 Å². The molecule has 2 aromatic rings. The molecule has 0 saturated heterocycles. The Morgan fingerprint density at radius 2 is 1.68 bits per heavy atom. The Bertz CT molecular complexity index is 831. The van der Waals surface area contributed by atoms with E-state index < -0.39 is 47.7 Å². The van der Waals surface area contributed by atoms with Crippen molar-refractivity contribution in [2.75, 3.05) is 6.61 Å². The van der Waals surface area contributed by atoms with Crippen molar-refractivity contribution in [2.45, 2.75) is 45.7 Å². The van der Waals surface area contributed by atoms with Gasteiger partial charge in [0.05, 0.1) is 5.56 Å². The molecule has 1 unspecified atom stereocenters. The minimum Gasteiger partial charge on any atom is -0.368 e. The second-order valence-corrected chi connectivity index (χ2v) is 6.53. The Hall–Kier alpha value is -2.03. The van der Waals surface area contributed by atoms with Crippen LogP contribution in [0.15, 0.2) is 24.3 Å². The van der Waals surface area contributed by atoms with Gasteiger partial charge in [0.25, 0.3) is 0 Å². The molecule has 3 nitrogen and oxygen atoms in total. The van der Waals surface area contributed by atoms with E-state index in [-0.39, 0.29) is 17.7 Å². The normalized spacial score (nSPS) is 14.2. The van der Waals surface area contributed by atoms with E-state index >= 15 is 4.39 Å². The molecule has 0 aliphatic heterocycles. The SMILES string of the molecule is CCOC(O)C[C@H](N)c1c(F)c(-c2c(C)cccc2C)cc(C(F)(F)F)c1F. The van der Waals surface area contributed by atoms with Crippen LogP contribution < -0.4 is 5.73 Å². The van der Waals surface area contributed by atoms with Crippen LogP contribution in [-0.4, -0.2) is 18.0 Å². The minimum absolute atomic E-state index is 0.106. The minimum atomic E-state index is -5.05. The monoisotopic (exact) mass is 403 g/mol. The zero-order valence-corrected chi connectivity index (χ0v) is 15.7. The lowest BCUT2D eigenvalue weighted by Gasteiger charge is -2.22. The molecule has 2 atom stereocenters. The fourth-order valence-electron chi connectivity index (χ4n) is 3.21. The van der Waals surface area contributed by atoms with Crippen molar-refractivity contribution >= 4 is 0 Å². The van der Waals surface area contributed by atoms with E-state index in [9.17, 15) is 22.7 Å². The molecular formula is C20H22F5NO2. The van der Waals surface area contributed by atoms with Gasteiger partial charge in [-0.2, -0.15) is 13.2 Å². The zero-order chi connectivity index (χ0) is 21.2. The maximum Gasteiger partial charge on any atom is 0.419 e. The number of rotatable bonds is 6. The molecule has 0 aliphatic rings. The van der Waals surface area contributed by atoms with Crippen molar-refractivity contribution in [1.29, 1.82) is 0 Å². The van der Waals surface area contributed by atoms with E-state index in [1.165, 1.54) is 0 Å². The predicted octanol–water partition coefficient (Wildman–Crippen LogP) is 5.01. The number of nitrogens with two attached hydrogens (primary N) is 1. The number of benzene rings is 2. The van der Waals surface area contributed by atoms with Crippen LogP contribution in [-0.2, 0) is 10.9 Å². The number of ether oxygens (including phenoxy) is 1. The van der Waals surface area contributed by atoms with Gasteiger partial charge in [0.15, 0.2) is 6.29 Å². The summed E-state index contributed by atoms with van der Waals surface area (Å²) in [7, 11) is 0. The fraction of sp³-hybridized carbons (Fsp3) is 0.400. The maximum absolute atomic E-state index is 15.2. The van der Waals surface area contributed by atoms with Gasteiger partial charge in [-0.3, -0.25) is 0 Å². The van der Waals surface area contributed by atoms with E-state index in [0.29, 0.717) is 17.2 Å². The van der Waals surface area contributed by atoms with Crippen molar-refractivity contribution in [1.82, 2.24) is 0 Å². The second kappa shape index (κ2) is 8.55. The number of alkyl halides is 3. The summed E-state index contributed by atoms with van der Waals surface area (Å²) in [5.74, 6) is -2.96. The molecule has 0 saturated carbocycles. The average molecular weight is 403 g/mol. The van der Waals surface area contributed by atoms with Crippen molar-refractivity contribution in [3.8, 4) is 11.1 Å². The fourth-order valence-corrected chi connectivity index (χ4v) is 3.21. The first-order valence-corrected chi connectivity index (χ1v) is 8.69. The molecule has 0 bridgehead atoms. The Labute approximate surface area is 159 Å². The second-order valence-electron chi connectivity index (χ2n) is 6.53. The standard InChI is InChI=1S/C20H22F5NO2/c1-4-28-15(27)9-14(26)17-18(21)12(8-13(19(17)22)20(23,24)25)16-10(2)6-5-7-11(16)3/h5-8,14-15,27H,4,9,26H2,1-3H3/t14-,15?/m0/s1. The maximum atomic E-state index is 15.2. The van der Waals surface area contributed by atoms with Crippen LogP contribution in [0, 0.1) is 25.5 Å². The Morgan fingerprint density at radius 3 is 2.18 bits per heavy atom. The number of hydrogen-bond acceptors (Lipinski definition) is 3. The molecule has 154 valence electrons. The van der Waals surface area contributed by atoms with Crippen LogP contribution >= 0.6 is 0 Å². The van der Waals surface area contributed by atoms with Gasteiger partial charge in [-0.25, -0.2) is 8.78 Å². The average Bonchev–Trinajstić information content (AvgIpc) is 2.55. The molecule has 2 aromatic carbocycles. The van der Waals surface area contributed by atoms with Crippen LogP contribution in [0.5, 0.6) is 0 Å². The number of aryl methyl sites for hydroxylation is 2. The number of aliphatic hydroxyl groups is 1. The highest BCUT2D eigenvalue weighted by molar-refractivity contribution is 5.73. The summed E-state index contributed by atoms with van der Waals surface area (Å²) in [5, 5.41) is 9.70. The summed E-state index contributed by atoms with van der Waals surface area (Å²) >= 11 is 0. The van der Waals surface area contributed by atoms with Gasteiger partial charge in [-0.1, -0.05) is 18.2 Å². The van der Waals surface area contributed by atoms with E-state index in [0.717, 1.165) is 0 Å². The van der Waals surface area contributed by atoms with Gasteiger partial charge in [0.1, 0.15) is 11.6 Å². The van der Waals surface area contributed by atoms with E-state index in [2.05, 4.69) is 0 Å². The number of halogens is 5. The summed E-state index contributed by atoms with van der Waals surface area (Å²) in [6, 6.07) is 3.86. The molecule has 3 N–H and O–H groups in total. The van der Waals surface area contributed by atoms with Crippen molar-refractivity contribution in [3.63, 3.8) is 0 Å². The molecule has 0 heterocycles. The third kappa shape index (κ3) is 4.51. The molecule has 0 aliphatic carbocycles. The van der Waals surface area contributed by atoms with Gasteiger partial charge < -0.3 is 15.6 Å². The quantitative estimate of drug-likeness (QED) is 0.527. The number of hydrogen-bond donors (Lipinski definition) is 2. The van der Waals surface area contributed by atoms with Gasteiger partial charge in [0, 0.05) is 30.2 Å². The summed E-state index contributed by atoms with van der Waals surface area (Å²) in [5.41, 5.74) is 4.16. The van der Waals surface area contributed by atoms with Gasteiger partial charge in [-0.15, -0.1) is 0 Å². The molecule has 0 radical (unpaired) electrons. The van der Waals surface area contributed by atoms with E-state index in [1.807, 2.05) is 0 Å². The molecule has 0 spiro atoms. The first kappa shape index (κ1) is 22.3. The molecule has 0 fully saturated rings. The molecular weight excluding hydrogens is 381 g/mol. The van der Waals surface area contributed by atoms with Crippen molar-refractivity contribution in [2.24, 2.45) is 5.73 Å². The molecule has 0 aromatic heterocycles. The summed E-state index contributed by atoms with van der Waals surface area (Å²) in [6.45, 7) is 4.93. The first-order chi connectivity index (χ1) is 13.0. The molecule has 8 heteroatoms. The lowest BCUT2D eigenvalue weighted by atomic mass is 9.89.